The molecule has 13 N–H and O–H groups in total. The first-order valence-electron chi connectivity index (χ1n) is 7.80. The molecule has 1 heterocycles. The van der Waals surface area contributed by atoms with E-state index in [9.17, 15) is 28.8 Å². The first-order valence-corrected chi connectivity index (χ1v) is 11.6. The minimum absolute atomic E-state index is 0.0891. The van der Waals surface area contributed by atoms with Crippen LogP contribution in [0.2, 0.25) is 5.16 Å². The molecule has 0 aromatic carbocycles. The lowest BCUT2D eigenvalue weighted by Crippen LogP contribution is -2.56. The normalized spacial score (nSPS) is 12.3. The number of rotatable bonds is 12. The zero-order valence-corrected chi connectivity index (χ0v) is 16.0. The smallest absolute Gasteiger partial charge is 0.390 e. The average Bonchev–Trinajstić information content (AvgIpc) is 2.52. The standard InChI is InChI=1S/C10H26N8O6Si2/c11-2-5-14-9-16-8(17-10(18-9)15-6-3-12)13-4-1-7(25(19,20)21)26(22,23)24/h7,19-24H,1-6,11-12H2,(H3,13,14,15,16,17,18). The Morgan fingerprint density at radius 2 is 1.04 bits per heavy atom. The summed E-state index contributed by atoms with van der Waals surface area (Å²) in [6, 6.07) is 0. The molecule has 26 heavy (non-hydrogen) atoms. The highest BCUT2D eigenvalue weighted by Crippen LogP contribution is 2.25. The Balaban J connectivity index is 2.80. The summed E-state index contributed by atoms with van der Waals surface area (Å²) in [6.07, 6.45) is -0.339. The summed E-state index contributed by atoms with van der Waals surface area (Å²) in [4.78, 5) is 68.0. The molecule has 0 fully saturated rings. The van der Waals surface area contributed by atoms with Gasteiger partial charge in [-0.3, -0.25) is 0 Å². The van der Waals surface area contributed by atoms with Gasteiger partial charge >= 0.3 is 17.6 Å². The minimum Gasteiger partial charge on any atom is -0.390 e. The maximum Gasteiger partial charge on any atom is 0.500 e. The molecule has 0 atom stereocenters. The topological polar surface area (TPSA) is 248 Å². The molecule has 0 saturated carbocycles. The van der Waals surface area contributed by atoms with E-state index >= 15 is 0 Å². The van der Waals surface area contributed by atoms with Crippen molar-refractivity contribution in [3.63, 3.8) is 0 Å². The van der Waals surface area contributed by atoms with Gasteiger partial charge in [0.2, 0.25) is 17.8 Å². The monoisotopic (exact) mass is 410 g/mol. The van der Waals surface area contributed by atoms with Crippen molar-refractivity contribution in [1.29, 1.82) is 0 Å². The maximum atomic E-state index is 9.28. The Hall–Kier alpha value is -1.48. The summed E-state index contributed by atoms with van der Waals surface area (Å²) in [5.74, 6) is 0.559. The van der Waals surface area contributed by atoms with E-state index in [4.69, 9.17) is 11.5 Å². The molecular formula is C10H26N8O6Si2. The van der Waals surface area contributed by atoms with Crippen molar-refractivity contribution >= 4 is 35.5 Å². The lowest BCUT2D eigenvalue weighted by atomic mass is 10.5. The molecule has 150 valence electrons. The van der Waals surface area contributed by atoms with Crippen LogP contribution in [0.5, 0.6) is 0 Å². The molecule has 0 aliphatic rings. The number of nitrogens with two attached hydrogens (primary N) is 2. The van der Waals surface area contributed by atoms with Crippen LogP contribution in [0, 0.1) is 0 Å². The summed E-state index contributed by atoms with van der Waals surface area (Å²) in [5.41, 5.74) is 10.8. The lowest BCUT2D eigenvalue weighted by Gasteiger charge is -2.26. The van der Waals surface area contributed by atoms with Crippen LogP contribution in [0.1, 0.15) is 6.42 Å². The van der Waals surface area contributed by atoms with Gasteiger partial charge in [0.05, 0.1) is 0 Å². The second kappa shape index (κ2) is 10.0. The van der Waals surface area contributed by atoms with Crippen molar-refractivity contribution in [2.24, 2.45) is 11.5 Å². The Morgan fingerprint density at radius 1 is 0.692 bits per heavy atom. The Morgan fingerprint density at radius 3 is 1.35 bits per heavy atom. The van der Waals surface area contributed by atoms with Gasteiger partial charge in [0.15, 0.2) is 0 Å². The van der Waals surface area contributed by atoms with Gasteiger partial charge in [-0.15, -0.1) is 0 Å². The van der Waals surface area contributed by atoms with Crippen molar-refractivity contribution in [2.45, 2.75) is 11.6 Å². The molecule has 14 nitrogen and oxygen atoms in total. The number of nitrogens with zero attached hydrogens (tertiary/aromatic N) is 3. The van der Waals surface area contributed by atoms with Crippen LogP contribution in [-0.2, 0) is 0 Å². The quantitative estimate of drug-likeness (QED) is 0.145. The summed E-state index contributed by atoms with van der Waals surface area (Å²) in [6.45, 7) is 1.46. The van der Waals surface area contributed by atoms with E-state index in [0.717, 1.165) is 0 Å². The van der Waals surface area contributed by atoms with Crippen LogP contribution >= 0.6 is 0 Å². The molecule has 16 heteroatoms. The van der Waals surface area contributed by atoms with Crippen LogP contribution in [0.4, 0.5) is 17.8 Å². The summed E-state index contributed by atoms with van der Waals surface area (Å²) in [7, 11) is -9.90. The SMILES string of the molecule is NCCNc1nc(NCCN)nc(NCCC([Si](O)(O)O)[Si](O)(O)O)n1. The van der Waals surface area contributed by atoms with Gasteiger partial charge in [-0.1, -0.05) is 0 Å². The molecule has 0 amide bonds. The summed E-state index contributed by atoms with van der Waals surface area (Å²) in [5, 5.41) is 6.65. The van der Waals surface area contributed by atoms with Gasteiger partial charge in [0, 0.05) is 32.7 Å². The second-order valence-corrected chi connectivity index (χ2v) is 10.1. The number of hydrogen-bond donors (Lipinski definition) is 11. The van der Waals surface area contributed by atoms with E-state index in [1.165, 1.54) is 0 Å². The molecule has 0 bridgehead atoms. The van der Waals surface area contributed by atoms with Crippen molar-refractivity contribution < 1.29 is 28.8 Å². The molecule has 0 saturated heterocycles. The van der Waals surface area contributed by atoms with Crippen LogP contribution in [-0.4, -0.2) is 94.1 Å². The fourth-order valence-corrected chi connectivity index (χ4v) is 5.10. The first kappa shape index (κ1) is 22.6. The zero-order chi connectivity index (χ0) is 19.8. The molecule has 0 radical (unpaired) electrons. The van der Waals surface area contributed by atoms with Crippen molar-refractivity contribution in [2.75, 3.05) is 48.7 Å². The van der Waals surface area contributed by atoms with E-state index in [0.29, 0.717) is 26.2 Å². The third-order valence-corrected chi connectivity index (χ3v) is 7.91. The van der Waals surface area contributed by atoms with Crippen molar-refractivity contribution in [3.05, 3.63) is 0 Å². The predicted molar refractivity (Wildman–Crippen MR) is 96.6 cm³/mol. The fraction of sp³-hybridized carbons (Fsp3) is 0.700. The molecule has 1 aromatic heterocycles. The van der Waals surface area contributed by atoms with Gasteiger partial charge in [-0.05, 0) is 6.42 Å². The molecular weight excluding hydrogens is 384 g/mol. The number of aromatic nitrogens is 3. The Kier molecular flexibility index (Phi) is 8.69. The van der Waals surface area contributed by atoms with E-state index in [1.807, 2.05) is 0 Å². The van der Waals surface area contributed by atoms with Crippen LogP contribution in [0.3, 0.4) is 0 Å². The fourth-order valence-electron chi connectivity index (χ4n) is 1.96. The lowest BCUT2D eigenvalue weighted by molar-refractivity contribution is 0.173. The van der Waals surface area contributed by atoms with Gasteiger partial charge in [0.25, 0.3) is 0 Å². The Bertz CT molecular complexity index is 517. The molecule has 0 unspecified atom stereocenters. The van der Waals surface area contributed by atoms with Crippen LogP contribution in [0.25, 0.3) is 0 Å². The number of anilines is 3. The van der Waals surface area contributed by atoms with Gasteiger partial charge in [-0.25, -0.2) is 0 Å². The highest BCUT2D eigenvalue weighted by molar-refractivity contribution is 6.78. The average molecular weight is 411 g/mol. The van der Waals surface area contributed by atoms with E-state index in [2.05, 4.69) is 30.9 Å². The largest absolute Gasteiger partial charge is 0.500 e. The van der Waals surface area contributed by atoms with Crippen LogP contribution in [0.15, 0.2) is 0 Å². The zero-order valence-electron chi connectivity index (χ0n) is 14.0. The molecule has 0 spiro atoms. The summed E-state index contributed by atoms with van der Waals surface area (Å²) >= 11 is 0. The van der Waals surface area contributed by atoms with Gasteiger partial charge < -0.3 is 56.2 Å². The van der Waals surface area contributed by atoms with Crippen molar-refractivity contribution in [3.8, 4) is 0 Å². The predicted octanol–water partition coefficient (Wildman–Crippen LogP) is -4.84. The van der Waals surface area contributed by atoms with E-state index in [1.54, 1.807) is 0 Å². The maximum absolute atomic E-state index is 9.28. The molecule has 1 aromatic rings. The molecule has 1 rings (SSSR count). The van der Waals surface area contributed by atoms with E-state index < -0.39 is 22.8 Å². The molecule has 0 aliphatic carbocycles. The van der Waals surface area contributed by atoms with Crippen LogP contribution < -0.4 is 27.4 Å². The highest BCUT2D eigenvalue weighted by Gasteiger charge is 2.55. The van der Waals surface area contributed by atoms with Crippen molar-refractivity contribution in [1.82, 2.24) is 15.0 Å². The van der Waals surface area contributed by atoms with E-state index in [-0.39, 0.29) is 30.8 Å². The Labute approximate surface area is 151 Å². The van der Waals surface area contributed by atoms with Gasteiger partial charge in [-0.2, -0.15) is 15.0 Å². The second-order valence-electron chi connectivity index (χ2n) is 5.38. The highest BCUT2D eigenvalue weighted by atomic mass is 28.5. The number of nitrogens with one attached hydrogen (secondary N) is 3. The third-order valence-electron chi connectivity index (χ3n) is 3.14. The van der Waals surface area contributed by atoms with Gasteiger partial charge in [0.1, 0.15) is 5.16 Å². The number of hydrogen-bond acceptors (Lipinski definition) is 14. The molecule has 0 aliphatic heterocycles. The third kappa shape index (κ3) is 7.82. The minimum atomic E-state index is -4.95. The summed E-state index contributed by atoms with van der Waals surface area (Å²) < 4.78 is 0. The first-order chi connectivity index (χ1) is 12.1.